The first kappa shape index (κ1) is 16.6. The maximum absolute atomic E-state index is 10.0. The quantitative estimate of drug-likeness (QED) is 0.723. The number of aliphatic hydroxyl groups is 2. The van der Waals surface area contributed by atoms with Gasteiger partial charge >= 0.3 is 0 Å². The number of nitrogens with one attached hydrogen (secondary N) is 1. The third-order valence-electron chi connectivity index (χ3n) is 4.15. The average Bonchev–Trinajstić information content (AvgIpc) is 2.96. The van der Waals surface area contributed by atoms with Crippen LogP contribution in [-0.4, -0.2) is 41.6 Å². The molecular weight excluding hydrogens is 290 g/mol. The Kier molecular flexibility index (Phi) is 5.88. The first-order valence-electron chi connectivity index (χ1n) is 7.47. The summed E-state index contributed by atoms with van der Waals surface area (Å²) in [6.45, 7) is 2.68. The summed E-state index contributed by atoms with van der Waals surface area (Å²) in [6.07, 6.45) is 3.58. The van der Waals surface area contributed by atoms with E-state index in [-0.39, 0.29) is 18.8 Å². The molecule has 0 aromatic heterocycles. The van der Waals surface area contributed by atoms with Crippen molar-refractivity contribution in [3.63, 3.8) is 0 Å². The number of aliphatic hydroxyl groups excluding tert-OH is 2. The summed E-state index contributed by atoms with van der Waals surface area (Å²) in [5.74, 6) is 0.702. The largest absolute Gasteiger partial charge is 0.491 e. The molecule has 0 bridgehead atoms. The van der Waals surface area contributed by atoms with Gasteiger partial charge in [-0.2, -0.15) is 0 Å². The number of benzene rings is 1. The van der Waals surface area contributed by atoms with E-state index < -0.39 is 6.10 Å². The second-order valence-electron chi connectivity index (χ2n) is 5.90. The molecule has 0 saturated heterocycles. The van der Waals surface area contributed by atoms with Crippen LogP contribution in [0.25, 0.3) is 0 Å². The van der Waals surface area contributed by atoms with Crippen molar-refractivity contribution < 1.29 is 14.9 Å². The van der Waals surface area contributed by atoms with Gasteiger partial charge < -0.3 is 20.3 Å². The zero-order valence-electron chi connectivity index (χ0n) is 12.4. The molecule has 1 aromatic rings. The van der Waals surface area contributed by atoms with Crippen molar-refractivity contribution in [2.45, 2.75) is 44.2 Å². The van der Waals surface area contributed by atoms with E-state index in [0.29, 0.717) is 17.3 Å². The first-order valence-corrected chi connectivity index (χ1v) is 7.85. The summed E-state index contributed by atoms with van der Waals surface area (Å²) < 4.78 is 5.57. The van der Waals surface area contributed by atoms with Crippen molar-refractivity contribution in [3.8, 4) is 5.75 Å². The number of β-amino-alcohol motifs (C(OH)–C–C–N with tert-alkyl or cyclic N) is 1. The third-order valence-corrected chi connectivity index (χ3v) is 4.57. The highest BCUT2D eigenvalue weighted by Gasteiger charge is 2.32. The zero-order chi connectivity index (χ0) is 15.3. The van der Waals surface area contributed by atoms with Crippen LogP contribution in [0, 0.1) is 6.92 Å². The fourth-order valence-corrected chi connectivity index (χ4v) is 2.85. The number of ether oxygens (including phenoxy) is 1. The molecule has 2 rings (SSSR count). The van der Waals surface area contributed by atoms with Crippen LogP contribution >= 0.6 is 11.6 Å². The summed E-state index contributed by atoms with van der Waals surface area (Å²) in [4.78, 5) is 0. The summed E-state index contributed by atoms with van der Waals surface area (Å²) >= 11 is 5.96. The molecule has 1 aliphatic carbocycles. The molecule has 1 aromatic carbocycles. The molecule has 1 aliphatic rings. The molecular formula is C16H24ClNO3. The van der Waals surface area contributed by atoms with Gasteiger partial charge in [-0.25, -0.2) is 0 Å². The number of hydrogen-bond donors (Lipinski definition) is 3. The lowest BCUT2D eigenvalue weighted by atomic mass is 9.99. The maximum atomic E-state index is 10.0. The Morgan fingerprint density at radius 3 is 2.71 bits per heavy atom. The van der Waals surface area contributed by atoms with E-state index >= 15 is 0 Å². The van der Waals surface area contributed by atoms with E-state index in [1.54, 1.807) is 12.1 Å². The highest BCUT2D eigenvalue weighted by atomic mass is 35.5. The van der Waals surface area contributed by atoms with E-state index in [4.69, 9.17) is 16.3 Å². The SMILES string of the molecule is Cc1cc(OCC(O)CNC2(CO)CCCC2)ccc1Cl. The molecule has 1 fully saturated rings. The Hall–Kier alpha value is -0.810. The molecule has 0 heterocycles. The van der Waals surface area contributed by atoms with E-state index in [2.05, 4.69) is 5.32 Å². The highest BCUT2D eigenvalue weighted by molar-refractivity contribution is 6.31. The van der Waals surface area contributed by atoms with Gasteiger partial charge in [-0.05, 0) is 43.5 Å². The van der Waals surface area contributed by atoms with Gasteiger partial charge in [0, 0.05) is 17.1 Å². The molecule has 0 spiro atoms. The van der Waals surface area contributed by atoms with Gasteiger partial charge in [0.05, 0.1) is 6.61 Å². The summed E-state index contributed by atoms with van der Waals surface area (Å²) in [5, 5.41) is 23.5. The van der Waals surface area contributed by atoms with E-state index in [1.807, 2.05) is 13.0 Å². The Morgan fingerprint density at radius 2 is 2.10 bits per heavy atom. The van der Waals surface area contributed by atoms with Crippen LogP contribution in [-0.2, 0) is 0 Å². The molecule has 0 amide bonds. The fourth-order valence-electron chi connectivity index (χ4n) is 2.74. The van der Waals surface area contributed by atoms with Crippen LogP contribution in [0.2, 0.25) is 5.02 Å². The van der Waals surface area contributed by atoms with Gasteiger partial charge in [0.1, 0.15) is 18.5 Å². The Morgan fingerprint density at radius 1 is 1.38 bits per heavy atom. The number of hydrogen-bond acceptors (Lipinski definition) is 4. The summed E-state index contributed by atoms with van der Waals surface area (Å²) in [7, 11) is 0. The van der Waals surface area contributed by atoms with E-state index in [1.165, 1.54) is 0 Å². The average molecular weight is 314 g/mol. The van der Waals surface area contributed by atoms with Crippen LogP contribution in [0.3, 0.4) is 0 Å². The fraction of sp³-hybridized carbons (Fsp3) is 0.625. The predicted molar refractivity (Wildman–Crippen MR) is 84.0 cm³/mol. The summed E-state index contributed by atoms with van der Waals surface area (Å²) in [6, 6.07) is 5.44. The summed E-state index contributed by atoms with van der Waals surface area (Å²) in [5.41, 5.74) is 0.740. The van der Waals surface area contributed by atoms with Crippen molar-refractivity contribution in [1.29, 1.82) is 0 Å². The lowest BCUT2D eigenvalue weighted by Crippen LogP contribution is -2.49. The van der Waals surface area contributed by atoms with Gasteiger partial charge in [0.15, 0.2) is 0 Å². The smallest absolute Gasteiger partial charge is 0.119 e. The van der Waals surface area contributed by atoms with Crippen LogP contribution in [0.1, 0.15) is 31.2 Å². The van der Waals surface area contributed by atoms with Crippen molar-refractivity contribution in [2.75, 3.05) is 19.8 Å². The topological polar surface area (TPSA) is 61.7 Å². The van der Waals surface area contributed by atoms with Gasteiger partial charge in [0.2, 0.25) is 0 Å². The Balaban J connectivity index is 1.76. The van der Waals surface area contributed by atoms with Gasteiger partial charge in [0.25, 0.3) is 0 Å². The Bertz CT molecular complexity index is 461. The standard InChI is InChI=1S/C16H24ClNO3/c1-12-8-14(4-5-15(12)17)21-10-13(20)9-18-16(11-19)6-2-3-7-16/h4-5,8,13,18-20H,2-3,6-7,9-11H2,1H3. The van der Waals surface area contributed by atoms with Gasteiger partial charge in [-0.15, -0.1) is 0 Å². The minimum absolute atomic E-state index is 0.122. The highest BCUT2D eigenvalue weighted by Crippen LogP contribution is 2.29. The molecule has 0 aliphatic heterocycles. The molecule has 5 heteroatoms. The van der Waals surface area contributed by atoms with Crippen LogP contribution < -0.4 is 10.1 Å². The Labute approximate surface area is 131 Å². The van der Waals surface area contributed by atoms with Crippen LogP contribution in [0.4, 0.5) is 0 Å². The normalized spacial score (nSPS) is 18.7. The molecule has 4 nitrogen and oxygen atoms in total. The molecule has 1 unspecified atom stereocenters. The van der Waals surface area contributed by atoms with Crippen LogP contribution in [0.5, 0.6) is 5.75 Å². The molecule has 21 heavy (non-hydrogen) atoms. The van der Waals surface area contributed by atoms with Crippen molar-refractivity contribution in [1.82, 2.24) is 5.32 Å². The molecule has 0 radical (unpaired) electrons. The van der Waals surface area contributed by atoms with Crippen molar-refractivity contribution in [3.05, 3.63) is 28.8 Å². The van der Waals surface area contributed by atoms with E-state index in [9.17, 15) is 10.2 Å². The van der Waals surface area contributed by atoms with Crippen molar-refractivity contribution in [2.24, 2.45) is 0 Å². The van der Waals surface area contributed by atoms with Gasteiger partial charge in [-0.1, -0.05) is 24.4 Å². The predicted octanol–water partition coefficient (Wildman–Crippen LogP) is 2.28. The third kappa shape index (κ3) is 4.58. The molecule has 1 atom stereocenters. The number of rotatable bonds is 7. The molecule has 118 valence electrons. The van der Waals surface area contributed by atoms with E-state index in [0.717, 1.165) is 31.2 Å². The monoisotopic (exact) mass is 313 g/mol. The number of aryl methyl sites for hydroxylation is 1. The lowest BCUT2D eigenvalue weighted by molar-refractivity contribution is 0.0849. The van der Waals surface area contributed by atoms with Crippen molar-refractivity contribution >= 4 is 11.6 Å². The molecule has 3 N–H and O–H groups in total. The molecule has 1 saturated carbocycles. The second kappa shape index (κ2) is 7.45. The number of halogens is 1. The minimum Gasteiger partial charge on any atom is -0.491 e. The minimum atomic E-state index is -0.606. The maximum Gasteiger partial charge on any atom is 0.119 e. The van der Waals surface area contributed by atoms with Gasteiger partial charge in [-0.3, -0.25) is 0 Å². The zero-order valence-corrected chi connectivity index (χ0v) is 13.2. The second-order valence-corrected chi connectivity index (χ2v) is 6.31. The van der Waals surface area contributed by atoms with Crippen LogP contribution in [0.15, 0.2) is 18.2 Å². The first-order chi connectivity index (χ1) is 10.0. The lowest BCUT2D eigenvalue weighted by Gasteiger charge is -2.29.